The molecule has 1 saturated heterocycles. The van der Waals surface area contributed by atoms with Crippen LogP contribution < -0.4 is 0 Å². The zero-order chi connectivity index (χ0) is 15.4. The predicted molar refractivity (Wildman–Crippen MR) is 81.3 cm³/mol. The third kappa shape index (κ3) is 4.39. The lowest BCUT2D eigenvalue weighted by molar-refractivity contribution is -0.131. The number of carboxylic acid groups (broad SMARTS) is 1. The van der Waals surface area contributed by atoms with E-state index in [-0.39, 0.29) is 0 Å². The van der Waals surface area contributed by atoms with Crippen molar-refractivity contribution < 1.29 is 14.3 Å². The summed E-state index contributed by atoms with van der Waals surface area (Å²) < 4.78 is 13.7. The van der Waals surface area contributed by atoms with E-state index >= 15 is 0 Å². The van der Waals surface area contributed by atoms with Crippen molar-refractivity contribution in [3.63, 3.8) is 0 Å². The maximum absolute atomic E-state index is 13.7. The number of carbonyl (C=O) groups is 1. The van der Waals surface area contributed by atoms with Crippen LogP contribution in [0.2, 0.25) is 0 Å². The Labute approximate surface area is 125 Å². The van der Waals surface area contributed by atoms with Crippen LogP contribution in [0.5, 0.6) is 0 Å². The Hall–Kier alpha value is -1.68. The minimum atomic E-state index is -1.07. The Morgan fingerprint density at radius 2 is 2.19 bits per heavy atom. The van der Waals surface area contributed by atoms with Crippen molar-refractivity contribution in [2.24, 2.45) is 11.8 Å². The van der Waals surface area contributed by atoms with E-state index in [0.717, 1.165) is 37.2 Å². The molecular formula is C17H22FNO2. The molecule has 1 N–H and O–H groups in total. The second kappa shape index (κ2) is 6.85. The zero-order valence-corrected chi connectivity index (χ0v) is 12.6. The van der Waals surface area contributed by atoms with E-state index in [4.69, 9.17) is 5.11 Å². The lowest BCUT2D eigenvalue weighted by Crippen LogP contribution is -2.37. The van der Waals surface area contributed by atoms with E-state index < -0.39 is 11.8 Å². The molecule has 0 aliphatic carbocycles. The highest BCUT2D eigenvalue weighted by Gasteiger charge is 2.22. The summed E-state index contributed by atoms with van der Waals surface area (Å²) in [6.45, 7) is 7.45. The molecule has 0 amide bonds. The van der Waals surface area contributed by atoms with Gasteiger partial charge in [0.15, 0.2) is 0 Å². The minimum Gasteiger partial charge on any atom is -0.478 e. The average molecular weight is 291 g/mol. The van der Waals surface area contributed by atoms with Crippen molar-refractivity contribution in [1.82, 2.24) is 4.90 Å². The number of nitrogens with zero attached hydrogens (tertiary/aromatic N) is 1. The topological polar surface area (TPSA) is 40.5 Å². The van der Waals surface area contributed by atoms with Crippen LogP contribution in [0, 0.1) is 17.7 Å². The molecule has 1 fully saturated rings. The largest absolute Gasteiger partial charge is 0.478 e. The fraction of sp³-hybridized carbons (Fsp3) is 0.471. The number of likely N-dealkylation sites (tertiary alicyclic amines) is 1. The van der Waals surface area contributed by atoms with Crippen LogP contribution in [-0.4, -0.2) is 29.1 Å². The third-order valence-electron chi connectivity index (χ3n) is 4.29. The molecule has 1 aromatic rings. The van der Waals surface area contributed by atoms with E-state index in [9.17, 15) is 9.18 Å². The molecule has 1 aromatic carbocycles. The molecule has 2 unspecified atom stereocenters. The average Bonchev–Trinajstić information content (AvgIpc) is 2.43. The maximum Gasteiger partial charge on any atom is 0.328 e. The molecule has 1 aliphatic heterocycles. The van der Waals surface area contributed by atoms with E-state index in [1.54, 1.807) is 12.1 Å². The highest BCUT2D eigenvalue weighted by atomic mass is 19.1. The van der Waals surface area contributed by atoms with Crippen molar-refractivity contribution in [2.45, 2.75) is 26.8 Å². The quantitative estimate of drug-likeness (QED) is 0.864. The number of rotatable bonds is 4. The number of benzene rings is 1. The number of halogens is 1. The molecule has 3 nitrogen and oxygen atoms in total. The molecular weight excluding hydrogens is 269 g/mol. The van der Waals surface area contributed by atoms with Crippen LogP contribution in [-0.2, 0) is 11.3 Å². The Morgan fingerprint density at radius 1 is 1.43 bits per heavy atom. The van der Waals surface area contributed by atoms with Gasteiger partial charge in [-0.25, -0.2) is 9.18 Å². The summed E-state index contributed by atoms with van der Waals surface area (Å²) in [6.07, 6.45) is 3.46. The number of hydrogen-bond donors (Lipinski definition) is 1. The first-order chi connectivity index (χ1) is 9.95. The van der Waals surface area contributed by atoms with Gasteiger partial charge >= 0.3 is 5.97 Å². The molecule has 114 valence electrons. The van der Waals surface area contributed by atoms with Gasteiger partial charge in [0.05, 0.1) is 0 Å². The number of carboxylic acids is 1. The summed E-state index contributed by atoms with van der Waals surface area (Å²) in [4.78, 5) is 12.9. The summed E-state index contributed by atoms with van der Waals surface area (Å²) in [7, 11) is 0. The normalized spacial score (nSPS) is 23.6. The standard InChI is InChI=1S/C17H22FNO2/c1-12-7-8-19(10-13(12)2)11-14-3-5-16(18)15(9-14)4-6-17(20)21/h3-6,9,12-13H,7-8,10-11H2,1-2H3,(H,20,21)/b6-4+. The first kappa shape index (κ1) is 15.7. The van der Waals surface area contributed by atoms with Gasteiger partial charge in [0.25, 0.3) is 0 Å². The van der Waals surface area contributed by atoms with E-state index in [1.807, 2.05) is 0 Å². The Morgan fingerprint density at radius 3 is 2.86 bits per heavy atom. The molecule has 21 heavy (non-hydrogen) atoms. The molecule has 0 saturated carbocycles. The summed E-state index contributed by atoms with van der Waals surface area (Å²) in [5.74, 6) is -0.0374. The smallest absolute Gasteiger partial charge is 0.328 e. The monoisotopic (exact) mass is 291 g/mol. The van der Waals surface area contributed by atoms with Crippen molar-refractivity contribution >= 4 is 12.0 Å². The fourth-order valence-electron chi connectivity index (χ4n) is 2.73. The summed E-state index contributed by atoms with van der Waals surface area (Å²) >= 11 is 0. The van der Waals surface area contributed by atoms with Gasteiger partial charge in [-0.3, -0.25) is 4.90 Å². The van der Waals surface area contributed by atoms with Gasteiger partial charge in [0, 0.05) is 24.7 Å². The van der Waals surface area contributed by atoms with Crippen LogP contribution in [0.1, 0.15) is 31.4 Å². The van der Waals surface area contributed by atoms with E-state index in [0.29, 0.717) is 11.5 Å². The summed E-state index contributed by atoms with van der Waals surface area (Å²) in [5.41, 5.74) is 1.34. The molecule has 0 spiro atoms. The van der Waals surface area contributed by atoms with Gasteiger partial charge in [-0.15, -0.1) is 0 Å². The van der Waals surface area contributed by atoms with E-state index in [1.165, 1.54) is 18.6 Å². The number of aliphatic carboxylic acids is 1. The van der Waals surface area contributed by atoms with Crippen molar-refractivity contribution in [3.8, 4) is 0 Å². The molecule has 0 radical (unpaired) electrons. The molecule has 2 rings (SSSR count). The van der Waals surface area contributed by atoms with Gasteiger partial charge < -0.3 is 5.11 Å². The number of hydrogen-bond acceptors (Lipinski definition) is 2. The Balaban J connectivity index is 2.07. The van der Waals surface area contributed by atoms with Crippen LogP contribution in [0.3, 0.4) is 0 Å². The van der Waals surface area contributed by atoms with Crippen LogP contribution in [0.15, 0.2) is 24.3 Å². The van der Waals surface area contributed by atoms with E-state index in [2.05, 4.69) is 18.7 Å². The molecule has 2 atom stereocenters. The SMILES string of the molecule is CC1CCN(Cc2ccc(F)c(/C=C/C(=O)O)c2)CC1C. The lowest BCUT2D eigenvalue weighted by atomic mass is 9.88. The predicted octanol–water partition coefficient (Wildman–Crippen LogP) is 3.40. The van der Waals surface area contributed by atoms with Crippen molar-refractivity contribution in [3.05, 3.63) is 41.2 Å². The Bertz CT molecular complexity index is 542. The minimum absolute atomic E-state index is 0.327. The second-order valence-corrected chi connectivity index (χ2v) is 6.01. The molecule has 1 heterocycles. The van der Waals surface area contributed by atoms with Crippen molar-refractivity contribution in [2.75, 3.05) is 13.1 Å². The van der Waals surface area contributed by atoms with Crippen LogP contribution >= 0.6 is 0 Å². The highest BCUT2D eigenvalue weighted by Crippen LogP contribution is 2.24. The van der Waals surface area contributed by atoms with Gasteiger partial charge in [-0.2, -0.15) is 0 Å². The fourth-order valence-corrected chi connectivity index (χ4v) is 2.73. The third-order valence-corrected chi connectivity index (χ3v) is 4.29. The van der Waals surface area contributed by atoms with Crippen LogP contribution in [0.25, 0.3) is 6.08 Å². The molecule has 0 bridgehead atoms. The van der Waals surface area contributed by atoms with Crippen LogP contribution in [0.4, 0.5) is 4.39 Å². The zero-order valence-electron chi connectivity index (χ0n) is 12.6. The van der Waals surface area contributed by atoms with Gasteiger partial charge in [-0.05, 0) is 48.6 Å². The Kier molecular flexibility index (Phi) is 5.12. The van der Waals surface area contributed by atoms with Gasteiger partial charge in [0.2, 0.25) is 0 Å². The molecule has 0 aromatic heterocycles. The second-order valence-electron chi connectivity index (χ2n) is 6.01. The first-order valence-corrected chi connectivity index (χ1v) is 7.37. The van der Waals surface area contributed by atoms with Crippen molar-refractivity contribution in [1.29, 1.82) is 0 Å². The first-order valence-electron chi connectivity index (χ1n) is 7.37. The lowest BCUT2D eigenvalue weighted by Gasteiger charge is -2.35. The van der Waals surface area contributed by atoms with Gasteiger partial charge in [0.1, 0.15) is 5.82 Å². The number of piperidine rings is 1. The van der Waals surface area contributed by atoms with Gasteiger partial charge in [-0.1, -0.05) is 19.9 Å². The summed E-state index contributed by atoms with van der Waals surface area (Å²) in [5, 5.41) is 8.63. The summed E-state index contributed by atoms with van der Waals surface area (Å²) in [6, 6.07) is 4.92. The molecule has 1 aliphatic rings. The molecule has 4 heteroatoms. The highest BCUT2D eigenvalue weighted by molar-refractivity contribution is 5.85. The maximum atomic E-state index is 13.7.